The van der Waals surface area contributed by atoms with Gasteiger partial charge in [-0.1, -0.05) is 53.5 Å². The Morgan fingerprint density at radius 3 is 2.16 bits per heavy atom. The summed E-state index contributed by atoms with van der Waals surface area (Å²) in [5, 5.41) is 4.66. The van der Waals surface area contributed by atoms with E-state index in [0.717, 1.165) is 12.8 Å². The minimum atomic E-state index is -4.64. The quantitative estimate of drug-likeness (QED) is 0.562. The van der Waals surface area contributed by atoms with Crippen molar-refractivity contribution < 1.29 is 19.2 Å². The zero-order valence-electron chi connectivity index (χ0n) is 13.6. The highest BCUT2D eigenvalue weighted by atomic mass is 35.5. The van der Waals surface area contributed by atoms with E-state index in [2.05, 4.69) is 35.6 Å². The third-order valence-electron chi connectivity index (χ3n) is 4.19. The molecular weight excluding hydrogens is 384 g/mol. The van der Waals surface area contributed by atoms with Gasteiger partial charge in [-0.25, -0.2) is 4.57 Å². The maximum Gasteiger partial charge on any atom is 0.466 e. The van der Waals surface area contributed by atoms with Crippen LogP contribution in [-0.4, -0.2) is 21.7 Å². The molecule has 2 atom stereocenters. The molecule has 3 rings (SSSR count). The van der Waals surface area contributed by atoms with E-state index < -0.39 is 7.82 Å². The monoisotopic (exact) mass is 403 g/mol. The number of hydrogen-bond acceptors (Lipinski definition) is 2. The van der Waals surface area contributed by atoms with Crippen LogP contribution < -0.4 is 5.32 Å². The Hall–Kier alpha value is -0.910. The van der Waals surface area contributed by atoms with Gasteiger partial charge in [-0.15, -0.1) is 0 Å². The highest BCUT2D eigenvalue weighted by Crippen LogP contribution is 2.42. The van der Waals surface area contributed by atoms with Crippen molar-refractivity contribution in [2.45, 2.75) is 24.8 Å². The van der Waals surface area contributed by atoms with Crippen molar-refractivity contribution in [2.24, 2.45) is 0 Å². The highest BCUT2D eigenvalue weighted by molar-refractivity contribution is 7.45. The molecule has 0 aromatic heterocycles. The van der Waals surface area contributed by atoms with Gasteiger partial charge in [0.25, 0.3) is 0 Å². The first kappa shape index (κ1) is 20.4. The summed E-state index contributed by atoms with van der Waals surface area (Å²) in [7, 11) is -2.61. The third-order valence-corrected chi connectivity index (χ3v) is 4.92. The van der Waals surface area contributed by atoms with E-state index in [1.807, 2.05) is 19.2 Å². The SMILES string of the molecule is CN[C@H]1CC[C@@H](c2ccc(Cl)c(Cl)c2)c2ccccc21.O=P(O)(O)O. The molecule has 0 unspecified atom stereocenters. The molecule has 136 valence electrons. The Kier molecular flexibility index (Phi) is 7.06. The Morgan fingerprint density at radius 2 is 1.60 bits per heavy atom. The maximum atomic E-state index is 8.88. The molecule has 0 saturated heterocycles. The van der Waals surface area contributed by atoms with Crippen LogP contribution in [0.5, 0.6) is 0 Å². The van der Waals surface area contributed by atoms with Crippen molar-refractivity contribution in [1.29, 1.82) is 0 Å². The first-order chi connectivity index (χ1) is 11.7. The van der Waals surface area contributed by atoms with Gasteiger partial charge >= 0.3 is 7.82 Å². The Balaban J connectivity index is 0.000000399. The van der Waals surface area contributed by atoms with Crippen molar-refractivity contribution in [3.05, 3.63) is 69.2 Å². The van der Waals surface area contributed by atoms with Gasteiger partial charge in [-0.2, -0.15) is 0 Å². The van der Waals surface area contributed by atoms with Crippen molar-refractivity contribution >= 4 is 31.0 Å². The van der Waals surface area contributed by atoms with Crippen LogP contribution in [0.1, 0.15) is 41.5 Å². The molecule has 1 aliphatic rings. The average molecular weight is 404 g/mol. The van der Waals surface area contributed by atoms with Crippen LogP contribution in [0.15, 0.2) is 42.5 Å². The summed E-state index contributed by atoms with van der Waals surface area (Å²) in [6.45, 7) is 0. The second-order valence-electron chi connectivity index (χ2n) is 5.79. The normalized spacial score (nSPS) is 19.6. The zero-order chi connectivity index (χ0) is 18.6. The van der Waals surface area contributed by atoms with Crippen molar-refractivity contribution in [1.82, 2.24) is 5.32 Å². The topological polar surface area (TPSA) is 89.8 Å². The molecular formula is C17H20Cl2NO4P. The van der Waals surface area contributed by atoms with Gasteiger partial charge in [0.15, 0.2) is 0 Å². The van der Waals surface area contributed by atoms with Gasteiger partial charge in [0.05, 0.1) is 10.0 Å². The van der Waals surface area contributed by atoms with Crippen molar-refractivity contribution in [3.63, 3.8) is 0 Å². The Morgan fingerprint density at radius 1 is 1.00 bits per heavy atom. The van der Waals surface area contributed by atoms with E-state index in [9.17, 15) is 0 Å². The van der Waals surface area contributed by atoms with E-state index in [0.29, 0.717) is 22.0 Å². The molecule has 5 nitrogen and oxygen atoms in total. The number of rotatable bonds is 2. The fraction of sp³-hybridized carbons (Fsp3) is 0.294. The molecule has 0 amide bonds. The van der Waals surface area contributed by atoms with E-state index in [-0.39, 0.29) is 0 Å². The van der Waals surface area contributed by atoms with Gasteiger partial charge in [0, 0.05) is 12.0 Å². The molecule has 0 fully saturated rings. The number of halogens is 2. The summed E-state index contributed by atoms with van der Waals surface area (Å²) < 4.78 is 8.88. The molecule has 0 bridgehead atoms. The summed E-state index contributed by atoms with van der Waals surface area (Å²) >= 11 is 12.2. The Bertz CT molecular complexity index is 773. The van der Waals surface area contributed by atoms with Gasteiger partial charge in [0.2, 0.25) is 0 Å². The summed E-state index contributed by atoms with van der Waals surface area (Å²) in [5.74, 6) is 0.408. The van der Waals surface area contributed by atoms with E-state index >= 15 is 0 Å². The van der Waals surface area contributed by atoms with Gasteiger partial charge in [-0.05, 0) is 48.7 Å². The maximum absolute atomic E-state index is 8.88. The third kappa shape index (κ3) is 5.80. The lowest BCUT2D eigenvalue weighted by Crippen LogP contribution is -2.24. The second-order valence-corrected chi connectivity index (χ2v) is 7.63. The van der Waals surface area contributed by atoms with Crippen LogP contribution in [-0.2, 0) is 4.57 Å². The van der Waals surface area contributed by atoms with E-state index in [1.165, 1.54) is 16.7 Å². The molecule has 8 heteroatoms. The minimum Gasteiger partial charge on any atom is -0.313 e. The molecule has 4 N–H and O–H groups in total. The van der Waals surface area contributed by atoms with Crippen molar-refractivity contribution in [3.8, 4) is 0 Å². The van der Waals surface area contributed by atoms with E-state index in [1.54, 1.807) is 0 Å². The van der Waals surface area contributed by atoms with Crippen LogP contribution in [0.4, 0.5) is 0 Å². The van der Waals surface area contributed by atoms with Gasteiger partial charge in [-0.3, -0.25) is 0 Å². The summed E-state index contributed by atoms with van der Waals surface area (Å²) in [6.07, 6.45) is 2.26. The molecule has 1 aliphatic carbocycles. The summed E-state index contributed by atoms with van der Waals surface area (Å²) in [6, 6.07) is 15.1. The summed E-state index contributed by atoms with van der Waals surface area (Å²) in [4.78, 5) is 21.6. The van der Waals surface area contributed by atoms with Crippen LogP contribution in [0.2, 0.25) is 10.0 Å². The number of phosphoric acid groups is 1. The first-order valence-electron chi connectivity index (χ1n) is 7.70. The van der Waals surface area contributed by atoms with Crippen LogP contribution in [0, 0.1) is 0 Å². The summed E-state index contributed by atoms with van der Waals surface area (Å²) in [5.41, 5.74) is 4.05. The number of hydrogen-bond donors (Lipinski definition) is 4. The molecule has 25 heavy (non-hydrogen) atoms. The first-order valence-corrected chi connectivity index (χ1v) is 10.0. The van der Waals surface area contributed by atoms with Crippen LogP contribution >= 0.6 is 31.0 Å². The second kappa shape index (κ2) is 8.65. The fourth-order valence-corrected chi connectivity index (χ4v) is 3.47. The molecule has 0 spiro atoms. The molecule has 0 radical (unpaired) electrons. The minimum absolute atomic E-state index is 0.408. The van der Waals surface area contributed by atoms with Gasteiger partial charge < -0.3 is 20.0 Å². The lowest BCUT2D eigenvalue weighted by molar-refractivity contribution is 0.275. The lowest BCUT2D eigenvalue weighted by Gasteiger charge is -2.32. The molecule has 0 heterocycles. The van der Waals surface area contributed by atoms with E-state index in [4.69, 9.17) is 42.4 Å². The zero-order valence-corrected chi connectivity index (χ0v) is 16.0. The van der Waals surface area contributed by atoms with Crippen LogP contribution in [0.25, 0.3) is 0 Å². The predicted octanol–water partition coefficient (Wildman–Crippen LogP) is 4.25. The number of benzene rings is 2. The average Bonchev–Trinajstić information content (AvgIpc) is 2.55. The molecule has 0 aliphatic heterocycles. The predicted molar refractivity (Wildman–Crippen MR) is 100 cm³/mol. The standard InChI is InChI=1S/C17H17Cl2N.H3O4P/c1-20-17-9-7-12(13-4-2-3-5-14(13)17)11-6-8-15(18)16(19)10-11;1-5(2,3)4/h2-6,8,10,12,17,20H,7,9H2,1H3;(H3,1,2,3,4)/t12-,17-;/m0./s1. The number of nitrogens with one attached hydrogen (secondary N) is 1. The fourth-order valence-electron chi connectivity index (χ4n) is 3.17. The smallest absolute Gasteiger partial charge is 0.313 e. The van der Waals surface area contributed by atoms with Crippen molar-refractivity contribution in [2.75, 3.05) is 7.05 Å². The highest BCUT2D eigenvalue weighted by Gasteiger charge is 2.27. The number of fused-ring (bicyclic) bond motifs is 1. The largest absolute Gasteiger partial charge is 0.466 e. The molecule has 2 aromatic carbocycles. The Labute approximate surface area is 156 Å². The molecule has 0 saturated carbocycles. The van der Waals surface area contributed by atoms with Crippen LogP contribution in [0.3, 0.4) is 0 Å². The lowest BCUT2D eigenvalue weighted by atomic mass is 9.77. The van der Waals surface area contributed by atoms with Gasteiger partial charge in [0.1, 0.15) is 0 Å². The molecule has 2 aromatic rings.